The average molecular weight is 377 g/mol. The number of hydroxylamine groups is 2. The van der Waals surface area contributed by atoms with Gasteiger partial charge in [0, 0.05) is 29.7 Å². The number of aromatic nitrogens is 1. The van der Waals surface area contributed by atoms with Crippen molar-refractivity contribution in [3.63, 3.8) is 0 Å². The summed E-state index contributed by atoms with van der Waals surface area (Å²) in [5.74, 6) is -0.0965. The van der Waals surface area contributed by atoms with E-state index in [0.29, 0.717) is 18.4 Å². The third-order valence-electron chi connectivity index (χ3n) is 5.89. The van der Waals surface area contributed by atoms with Gasteiger partial charge in [-0.1, -0.05) is 36.4 Å². The number of hydrogen-bond acceptors (Lipinski definition) is 3. The van der Waals surface area contributed by atoms with Crippen LogP contribution in [0.3, 0.4) is 0 Å². The third-order valence-corrected chi connectivity index (χ3v) is 5.89. The van der Waals surface area contributed by atoms with Gasteiger partial charge in [0.2, 0.25) is 0 Å². The van der Waals surface area contributed by atoms with E-state index in [2.05, 4.69) is 5.32 Å². The van der Waals surface area contributed by atoms with E-state index in [1.807, 2.05) is 76.2 Å². The molecule has 2 aromatic carbocycles. The van der Waals surface area contributed by atoms with Gasteiger partial charge in [-0.15, -0.1) is 0 Å². The smallest absolute Gasteiger partial charge is 0.252 e. The first-order valence-corrected chi connectivity index (χ1v) is 9.82. The molecule has 1 amide bonds. The first kappa shape index (κ1) is 18.8. The van der Waals surface area contributed by atoms with Crippen molar-refractivity contribution in [2.75, 3.05) is 0 Å². The molecule has 1 aromatic heterocycles. The standard InChI is InChI=1S/C23H27N3O2/c1-22(2)13-15(14-23(3,4)26(22)28)24-21(27)20-16-9-5-7-11-18(16)25-19-12-8-6-10-17(19)20/h5-12,15,26H,13-14H2,1-4H3,(H,24,27). The van der Waals surface area contributed by atoms with Gasteiger partial charge in [-0.05, 0) is 39.8 Å². The van der Waals surface area contributed by atoms with Gasteiger partial charge in [0.25, 0.3) is 5.91 Å². The minimum atomic E-state index is -0.442. The molecule has 28 heavy (non-hydrogen) atoms. The normalized spacial score (nSPS) is 23.6. The number of fused-ring (bicyclic) bond motifs is 2. The van der Waals surface area contributed by atoms with Crippen molar-refractivity contribution in [3.8, 4) is 0 Å². The largest absolute Gasteiger partial charge is 0.634 e. The number of carbonyl (C=O) groups excluding carboxylic acids is 1. The van der Waals surface area contributed by atoms with Gasteiger partial charge in [-0.25, -0.2) is 4.98 Å². The molecule has 146 valence electrons. The molecule has 0 aliphatic carbocycles. The minimum absolute atomic E-state index is 0.0408. The lowest BCUT2D eigenvalue weighted by atomic mass is 9.79. The summed E-state index contributed by atoms with van der Waals surface area (Å²) < 4.78 is 0. The Morgan fingerprint density at radius 1 is 0.964 bits per heavy atom. The predicted molar refractivity (Wildman–Crippen MR) is 112 cm³/mol. The summed E-state index contributed by atoms with van der Waals surface area (Å²) in [6.07, 6.45) is 1.31. The topological polar surface area (TPSA) is 69.5 Å². The highest BCUT2D eigenvalue weighted by atomic mass is 16.5. The molecule has 5 nitrogen and oxygen atoms in total. The fourth-order valence-corrected chi connectivity index (χ4v) is 4.85. The van der Waals surface area contributed by atoms with Gasteiger partial charge in [0.15, 0.2) is 0 Å². The van der Waals surface area contributed by atoms with Gasteiger partial charge < -0.3 is 15.6 Å². The highest BCUT2D eigenvalue weighted by Gasteiger charge is 2.45. The number of nitrogens with zero attached hydrogens (tertiary/aromatic N) is 1. The number of benzene rings is 2. The molecule has 0 atom stereocenters. The van der Waals surface area contributed by atoms with Crippen LogP contribution in [-0.2, 0) is 0 Å². The lowest BCUT2D eigenvalue weighted by Gasteiger charge is -2.54. The Kier molecular flexibility index (Phi) is 4.40. The molecule has 0 saturated carbocycles. The molecule has 0 spiro atoms. The molecule has 1 fully saturated rings. The van der Waals surface area contributed by atoms with Crippen molar-refractivity contribution in [3.05, 3.63) is 59.3 Å². The zero-order valence-corrected chi connectivity index (χ0v) is 16.9. The maximum absolute atomic E-state index is 13.4. The van der Waals surface area contributed by atoms with Gasteiger partial charge in [0.05, 0.1) is 27.7 Å². The Hall–Kier alpha value is -2.50. The van der Waals surface area contributed by atoms with Crippen LogP contribution < -0.4 is 10.4 Å². The second kappa shape index (κ2) is 6.54. The number of nitrogens with one attached hydrogen (secondary N) is 2. The van der Waals surface area contributed by atoms with E-state index in [4.69, 9.17) is 4.98 Å². The number of hydrogen-bond donors (Lipinski definition) is 2. The van der Waals surface area contributed by atoms with E-state index >= 15 is 0 Å². The van der Waals surface area contributed by atoms with Crippen molar-refractivity contribution in [1.29, 1.82) is 0 Å². The van der Waals surface area contributed by atoms with E-state index in [0.717, 1.165) is 21.8 Å². The maximum atomic E-state index is 13.4. The van der Waals surface area contributed by atoms with Gasteiger partial charge in [-0.2, -0.15) is 0 Å². The Balaban J connectivity index is 1.75. The van der Waals surface area contributed by atoms with E-state index in [1.54, 1.807) is 0 Å². The summed E-state index contributed by atoms with van der Waals surface area (Å²) in [5.41, 5.74) is 1.40. The number of para-hydroxylation sites is 2. The quantitative estimate of drug-likeness (QED) is 0.532. The number of rotatable bonds is 2. The molecule has 3 aromatic rings. The fourth-order valence-electron chi connectivity index (χ4n) is 4.85. The van der Waals surface area contributed by atoms with Crippen LogP contribution in [0.4, 0.5) is 0 Å². The summed E-state index contributed by atoms with van der Waals surface area (Å²) in [4.78, 5) is 18.1. The minimum Gasteiger partial charge on any atom is -0.634 e. The summed E-state index contributed by atoms with van der Waals surface area (Å²) in [5, 5.41) is 17.9. The summed E-state index contributed by atoms with van der Waals surface area (Å²) in [6.45, 7) is 7.92. The predicted octanol–water partition coefficient (Wildman–Crippen LogP) is 3.22. The van der Waals surface area contributed by atoms with Crippen LogP contribution >= 0.6 is 0 Å². The Bertz CT molecular complexity index is 986. The molecular formula is C23H27N3O2. The van der Waals surface area contributed by atoms with Gasteiger partial charge in [-0.3, -0.25) is 4.79 Å². The SMILES string of the molecule is CC1(C)CC(NC(=O)c2c3ccccc3nc3ccccc23)CC(C)(C)[NH+]1[O-]. The third kappa shape index (κ3) is 3.15. The van der Waals surface area contributed by atoms with Crippen LogP contribution in [0.2, 0.25) is 0 Å². The van der Waals surface area contributed by atoms with Crippen molar-refractivity contribution in [1.82, 2.24) is 10.3 Å². The number of carbonyl (C=O) groups is 1. The average Bonchev–Trinajstić information content (AvgIpc) is 2.63. The second-order valence-corrected chi connectivity index (χ2v) is 9.20. The number of pyridine rings is 1. The molecule has 0 radical (unpaired) electrons. The van der Waals surface area contributed by atoms with Crippen LogP contribution in [0.5, 0.6) is 0 Å². The van der Waals surface area contributed by atoms with Crippen LogP contribution in [-0.4, -0.2) is 28.0 Å². The molecule has 5 heteroatoms. The molecule has 0 unspecified atom stereocenters. The van der Waals surface area contributed by atoms with Crippen molar-refractivity contribution in [2.24, 2.45) is 0 Å². The maximum Gasteiger partial charge on any atom is 0.252 e. The molecular weight excluding hydrogens is 350 g/mol. The highest BCUT2D eigenvalue weighted by Crippen LogP contribution is 2.28. The molecule has 1 aliphatic heterocycles. The fraction of sp³-hybridized carbons (Fsp3) is 0.391. The summed E-state index contributed by atoms with van der Waals surface area (Å²) in [6, 6.07) is 15.5. The van der Waals surface area contributed by atoms with Crippen LogP contribution in [0.15, 0.2) is 48.5 Å². The van der Waals surface area contributed by atoms with Crippen LogP contribution in [0, 0.1) is 5.21 Å². The monoisotopic (exact) mass is 377 g/mol. The molecule has 1 aliphatic rings. The highest BCUT2D eigenvalue weighted by molar-refractivity contribution is 6.16. The number of quaternary nitrogens is 1. The van der Waals surface area contributed by atoms with Crippen LogP contribution in [0.1, 0.15) is 50.9 Å². The first-order valence-electron chi connectivity index (χ1n) is 9.82. The lowest BCUT2D eigenvalue weighted by molar-refractivity contribution is -0.955. The van der Waals surface area contributed by atoms with E-state index in [9.17, 15) is 10.0 Å². The van der Waals surface area contributed by atoms with E-state index < -0.39 is 11.1 Å². The lowest BCUT2D eigenvalue weighted by Crippen LogP contribution is -3.23. The molecule has 0 bridgehead atoms. The first-order chi connectivity index (χ1) is 13.2. The Morgan fingerprint density at radius 3 is 1.93 bits per heavy atom. The second-order valence-electron chi connectivity index (χ2n) is 9.20. The molecule has 1 saturated heterocycles. The number of amides is 1. The van der Waals surface area contributed by atoms with Gasteiger partial charge in [0.1, 0.15) is 0 Å². The van der Waals surface area contributed by atoms with E-state index in [-0.39, 0.29) is 17.0 Å². The Morgan fingerprint density at radius 2 is 1.43 bits per heavy atom. The van der Waals surface area contributed by atoms with Crippen molar-refractivity contribution >= 4 is 27.7 Å². The molecule has 2 heterocycles. The zero-order valence-electron chi connectivity index (χ0n) is 16.9. The Labute approximate surface area is 165 Å². The van der Waals surface area contributed by atoms with Crippen LogP contribution in [0.25, 0.3) is 21.8 Å². The summed E-state index contributed by atoms with van der Waals surface area (Å²) in [7, 11) is 0. The van der Waals surface area contributed by atoms with Gasteiger partial charge >= 0.3 is 0 Å². The van der Waals surface area contributed by atoms with Crippen molar-refractivity contribution < 1.29 is 9.86 Å². The molecule has 4 rings (SSSR count). The van der Waals surface area contributed by atoms with E-state index in [1.165, 1.54) is 0 Å². The van der Waals surface area contributed by atoms with Crippen molar-refractivity contribution in [2.45, 2.75) is 57.7 Å². The zero-order chi connectivity index (χ0) is 20.1. The summed E-state index contributed by atoms with van der Waals surface area (Å²) >= 11 is 0. The molecule has 2 N–H and O–H groups in total. The number of piperidine rings is 1.